The molecule has 21 heavy (non-hydrogen) atoms. The number of ether oxygens (including phenoxy) is 1. The lowest BCUT2D eigenvalue weighted by Gasteiger charge is -2.31. The number of nitrogens with zero attached hydrogens (tertiary/aromatic N) is 1. The summed E-state index contributed by atoms with van der Waals surface area (Å²) in [6.45, 7) is 11.5. The van der Waals surface area contributed by atoms with Crippen LogP contribution < -0.4 is 5.32 Å². The van der Waals surface area contributed by atoms with Crippen LogP contribution in [-0.4, -0.2) is 47.5 Å². The fourth-order valence-electron chi connectivity index (χ4n) is 2.31. The quantitative estimate of drug-likeness (QED) is 0.765. The zero-order valence-electron chi connectivity index (χ0n) is 13.7. The number of likely N-dealkylation sites (tertiary alicyclic amines) is 1. The molecule has 1 aliphatic heterocycles. The fourth-order valence-corrected chi connectivity index (χ4v) is 2.74. The molecular formula is C15H27BrN2O3. The highest BCUT2D eigenvalue weighted by Crippen LogP contribution is 2.24. The molecule has 1 atom stereocenters. The van der Waals surface area contributed by atoms with Crippen LogP contribution in [0.1, 0.15) is 41.0 Å². The third-order valence-electron chi connectivity index (χ3n) is 3.24. The van der Waals surface area contributed by atoms with Crippen molar-refractivity contribution in [3.63, 3.8) is 0 Å². The van der Waals surface area contributed by atoms with E-state index in [9.17, 15) is 9.59 Å². The smallest absolute Gasteiger partial charge is 0.407 e. The van der Waals surface area contributed by atoms with Crippen molar-refractivity contribution in [3.05, 3.63) is 0 Å². The van der Waals surface area contributed by atoms with Gasteiger partial charge >= 0.3 is 6.09 Å². The number of rotatable bonds is 5. The zero-order chi connectivity index (χ0) is 16.3. The molecule has 1 N–H and O–H groups in total. The van der Waals surface area contributed by atoms with Crippen molar-refractivity contribution in [2.24, 2.45) is 11.3 Å². The van der Waals surface area contributed by atoms with Crippen molar-refractivity contribution in [1.82, 2.24) is 10.2 Å². The summed E-state index contributed by atoms with van der Waals surface area (Å²) in [4.78, 5) is 25.5. The molecule has 1 rings (SSSR count). The van der Waals surface area contributed by atoms with Gasteiger partial charge in [0.25, 0.3) is 0 Å². The van der Waals surface area contributed by atoms with Crippen LogP contribution in [0.3, 0.4) is 0 Å². The number of hydrogen-bond donors (Lipinski definition) is 1. The van der Waals surface area contributed by atoms with Gasteiger partial charge in [0, 0.05) is 31.4 Å². The van der Waals surface area contributed by atoms with Crippen LogP contribution in [-0.2, 0) is 9.53 Å². The van der Waals surface area contributed by atoms with Crippen LogP contribution in [0.5, 0.6) is 0 Å². The normalized spacial score (nSPS) is 19.8. The first kappa shape index (κ1) is 18.3. The van der Waals surface area contributed by atoms with E-state index in [0.717, 1.165) is 11.9 Å². The molecule has 0 spiro atoms. The molecule has 122 valence electrons. The average molecular weight is 363 g/mol. The number of hydrogen-bond acceptors (Lipinski definition) is 3. The van der Waals surface area contributed by atoms with Gasteiger partial charge in [-0.2, -0.15) is 0 Å². The first-order chi connectivity index (χ1) is 9.52. The molecule has 0 aromatic heterocycles. The summed E-state index contributed by atoms with van der Waals surface area (Å²) < 4.78 is 5.22. The van der Waals surface area contributed by atoms with Gasteiger partial charge in [0.15, 0.2) is 0 Å². The predicted octanol–water partition coefficient (Wildman–Crippen LogP) is 2.78. The molecule has 1 saturated heterocycles. The van der Waals surface area contributed by atoms with E-state index < -0.39 is 11.7 Å². The molecule has 5 nitrogen and oxygen atoms in total. The highest BCUT2D eigenvalue weighted by Gasteiger charge is 2.33. The van der Waals surface area contributed by atoms with Gasteiger partial charge in [-0.15, -0.1) is 0 Å². The number of carbonyl (C=O) groups excluding carboxylic acids is 2. The van der Waals surface area contributed by atoms with E-state index in [4.69, 9.17) is 4.74 Å². The number of carbonyl (C=O) groups is 2. The highest BCUT2D eigenvalue weighted by atomic mass is 79.9. The standard InChI is InChI=1S/C15H27BrN2O3/c1-14(2,3)21-13(20)17-9-15(4,5)10-18-8-11(7-16)6-12(18)19/h11H,6-10H2,1-5H3,(H,17,20). The third kappa shape index (κ3) is 6.68. The minimum atomic E-state index is -0.498. The Bertz CT molecular complexity index is 391. The van der Waals surface area contributed by atoms with Gasteiger partial charge in [0.2, 0.25) is 5.91 Å². The summed E-state index contributed by atoms with van der Waals surface area (Å²) in [7, 11) is 0. The van der Waals surface area contributed by atoms with Gasteiger partial charge in [-0.05, 0) is 32.1 Å². The number of halogens is 1. The molecule has 1 unspecified atom stereocenters. The van der Waals surface area contributed by atoms with Gasteiger partial charge in [-0.3, -0.25) is 4.79 Å². The monoisotopic (exact) mass is 362 g/mol. The number of alkyl carbamates (subject to hydrolysis) is 1. The summed E-state index contributed by atoms with van der Waals surface area (Å²) in [6.07, 6.45) is 0.197. The average Bonchev–Trinajstić information content (AvgIpc) is 2.65. The molecule has 0 aromatic carbocycles. The predicted molar refractivity (Wildman–Crippen MR) is 86.5 cm³/mol. The van der Waals surface area contributed by atoms with Gasteiger partial charge in [0.1, 0.15) is 5.60 Å². The lowest BCUT2D eigenvalue weighted by atomic mass is 9.93. The molecule has 0 radical (unpaired) electrons. The molecule has 0 aromatic rings. The molecule has 0 bridgehead atoms. The van der Waals surface area contributed by atoms with Gasteiger partial charge in [0.05, 0.1) is 0 Å². The van der Waals surface area contributed by atoms with E-state index in [1.165, 1.54) is 0 Å². The maximum Gasteiger partial charge on any atom is 0.407 e. The Balaban J connectivity index is 2.43. The fraction of sp³-hybridized carbons (Fsp3) is 0.867. The number of amides is 2. The summed E-state index contributed by atoms with van der Waals surface area (Å²) in [5.41, 5.74) is -0.685. The Morgan fingerprint density at radius 3 is 2.48 bits per heavy atom. The second-order valence-corrected chi connectivity index (χ2v) is 8.17. The second kappa shape index (κ2) is 6.99. The Hall–Kier alpha value is -0.780. The lowest BCUT2D eigenvalue weighted by Crippen LogP contribution is -2.44. The molecule has 1 fully saturated rings. The number of nitrogens with one attached hydrogen (secondary N) is 1. The van der Waals surface area contributed by atoms with Crippen LogP contribution in [0.2, 0.25) is 0 Å². The van der Waals surface area contributed by atoms with Crippen molar-refractivity contribution in [3.8, 4) is 0 Å². The summed E-state index contributed by atoms with van der Waals surface area (Å²) >= 11 is 3.44. The molecule has 0 aliphatic carbocycles. The Labute approximate surface area is 135 Å². The second-order valence-electron chi connectivity index (χ2n) is 7.52. The van der Waals surface area contributed by atoms with Crippen LogP contribution in [0.4, 0.5) is 4.79 Å². The number of alkyl halides is 1. The maximum atomic E-state index is 11.9. The van der Waals surface area contributed by atoms with Crippen LogP contribution in [0.25, 0.3) is 0 Å². The Kier molecular flexibility index (Phi) is 6.08. The van der Waals surface area contributed by atoms with Crippen LogP contribution >= 0.6 is 15.9 Å². The van der Waals surface area contributed by atoms with Gasteiger partial charge in [-0.25, -0.2) is 4.79 Å². The van der Waals surface area contributed by atoms with Crippen molar-refractivity contribution in [2.75, 3.05) is 25.0 Å². The molecule has 1 heterocycles. The first-order valence-electron chi connectivity index (χ1n) is 7.33. The van der Waals surface area contributed by atoms with E-state index >= 15 is 0 Å². The van der Waals surface area contributed by atoms with Crippen LogP contribution in [0.15, 0.2) is 0 Å². The minimum Gasteiger partial charge on any atom is -0.444 e. The Morgan fingerprint density at radius 1 is 1.38 bits per heavy atom. The maximum absolute atomic E-state index is 11.9. The zero-order valence-corrected chi connectivity index (χ0v) is 15.2. The molecule has 6 heteroatoms. The van der Waals surface area contributed by atoms with Gasteiger partial charge in [-0.1, -0.05) is 29.8 Å². The molecule has 1 aliphatic rings. The molecule has 2 amide bonds. The largest absolute Gasteiger partial charge is 0.444 e. The van der Waals surface area contributed by atoms with Crippen molar-refractivity contribution in [2.45, 2.75) is 46.6 Å². The summed E-state index contributed by atoms with van der Waals surface area (Å²) in [6, 6.07) is 0. The van der Waals surface area contributed by atoms with E-state index in [1.807, 2.05) is 39.5 Å². The van der Waals surface area contributed by atoms with Crippen molar-refractivity contribution >= 4 is 27.9 Å². The lowest BCUT2D eigenvalue weighted by molar-refractivity contribution is -0.128. The van der Waals surface area contributed by atoms with Crippen LogP contribution in [0, 0.1) is 11.3 Å². The minimum absolute atomic E-state index is 0.187. The third-order valence-corrected chi connectivity index (χ3v) is 4.16. The Morgan fingerprint density at radius 2 is 2.00 bits per heavy atom. The van der Waals surface area contributed by atoms with Crippen molar-refractivity contribution < 1.29 is 14.3 Å². The van der Waals surface area contributed by atoms with E-state index in [1.54, 1.807) is 0 Å². The SMILES string of the molecule is CC(C)(CNC(=O)OC(C)(C)C)CN1CC(CBr)CC1=O. The van der Waals surface area contributed by atoms with Gasteiger partial charge < -0.3 is 15.0 Å². The van der Waals surface area contributed by atoms with E-state index in [-0.39, 0.29) is 11.3 Å². The molecule has 0 saturated carbocycles. The van der Waals surface area contributed by atoms with Crippen molar-refractivity contribution in [1.29, 1.82) is 0 Å². The van der Waals surface area contributed by atoms with E-state index in [0.29, 0.717) is 25.4 Å². The summed E-state index contributed by atoms with van der Waals surface area (Å²) in [5.74, 6) is 0.594. The highest BCUT2D eigenvalue weighted by molar-refractivity contribution is 9.09. The summed E-state index contributed by atoms with van der Waals surface area (Å²) in [5, 5.41) is 3.64. The van der Waals surface area contributed by atoms with E-state index in [2.05, 4.69) is 21.2 Å². The molecular weight excluding hydrogens is 336 g/mol. The first-order valence-corrected chi connectivity index (χ1v) is 8.45. The topological polar surface area (TPSA) is 58.6 Å².